The first kappa shape index (κ1) is 22.5. The maximum atomic E-state index is 12.6. The van der Waals surface area contributed by atoms with Crippen molar-refractivity contribution in [3.8, 4) is 0 Å². The highest BCUT2D eigenvalue weighted by Gasteiger charge is 2.33. The molecule has 1 aromatic carbocycles. The molecule has 1 fully saturated rings. The fraction of sp³-hybridized carbons (Fsp3) is 0.250. The number of hydrogen-bond donors (Lipinski definition) is 2. The van der Waals surface area contributed by atoms with E-state index in [0.29, 0.717) is 18.8 Å². The molecule has 0 radical (unpaired) electrons. The number of amides is 3. The number of unbranched alkanes of at least 4 members (excludes halogenated alkanes) is 1. The van der Waals surface area contributed by atoms with Gasteiger partial charge in [0.2, 0.25) is 0 Å². The molecule has 0 aliphatic carbocycles. The Morgan fingerprint density at radius 3 is 2.64 bits per heavy atom. The number of aromatic carboxylic acids is 1. The number of imidazole rings is 1. The van der Waals surface area contributed by atoms with Crippen molar-refractivity contribution in [1.82, 2.24) is 19.8 Å². The van der Waals surface area contributed by atoms with Crippen molar-refractivity contribution >= 4 is 35.3 Å². The summed E-state index contributed by atoms with van der Waals surface area (Å²) >= 11 is 1.52. The van der Waals surface area contributed by atoms with Crippen molar-refractivity contribution < 1.29 is 19.5 Å². The first-order valence-electron chi connectivity index (χ1n) is 10.7. The van der Waals surface area contributed by atoms with E-state index in [1.54, 1.807) is 36.5 Å². The number of carbonyl (C=O) groups is 3. The molecule has 4 rings (SSSR count). The number of nitrogens with one attached hydrogen (secondary N) is 1. The summed E-state index contributed by atoms with van der Waals surface area (Å²) in [5.41, 5.74) is 2.12. The monoisotopic (exact) mass is 464 g/mol. The van der Waals surface area contributed by atoms with Gasteiger partial charge in [0.05, 0.1) is 24.0 Å². The maximum Gasteiger partial charge on any atom is 0.335 e. The zero-order valence-electron chi connectivity index (χ0n) is 18.2. The Morgan fingerprint density at radius 1 is 1.18 bits per heavy atom. The molecule has 1 aliphatic rings. The number of carboxylic acids is 1. The molecule has 0 bridgehead atoms. The van der Waals surface area contributed by atoms with Crippen LogP contribution in [0.4, 0.5) is 4.79 Å². The first-order chi connectivity index (χ1) is 16.0. The zero-order valence-corrected chi connectivity index (χ0v) is 19.0. The lowest BCUT2D eigenvalue weighted by atomic mass is 10.1. The third-order valence-corrected chi connectivity index (χ3v) is 6.29. The number of thiophene rings is 1. The van der Waals surface area contributed by atoms with Crippen LogP contribution in [0.25, 0.3) is 6.08 Å². The number of aromatic nitrogens is 2. The lowest BCUT2D eigenvalue weighted by Crippen LogP contribution is -2.27. The van der Waals surface area contributed by atoms with E-state index in [1.807, 2.05) is 22.1 Å². The van der Waals surface area contributed by atoms with Crippen molar-refractivity contribution in [2.75, 3.05) is 0 Å². The highest BCUT2D eigenvalue weighted by atomic mass is 32.1. The van der Waals surface area contributed by atoms with E-state index in [9.17, 15) is 14.4 Å². The van der Waals surface area contributed by atoms with Crippen LogP contribution in [0.2, 0.25) is 0 Å². The predicted molar refractivity (Wildman–Crippen MR) is 125 cm³/mol. The second-order valence-electron chi connectivity index (χ2n) is 7.75. The van der Waals surface area contributed by atoms with Crippen LogP contribution in [-0.2, 0) is 24.3 Å². The fourth-order valence-corrected chi connectivity index (χ4v) is 4.35. The summed E-state index contributed by atoms with van der Waals surface area (Å²) in [7, 11) is 0. The molecule has 2 N–H and O–H groups in total. The maximum absolute atomic E-state index is 12.6. The summed E-state index contributed by atoms with van der Waals surface area (Å²) in [4.78, 5) is 43.1. The molecule has 3 heterocycles. The van der Waals surface area contributed by atoms with Crippen LogP contribution >= 0.6 is 11.3 Å². The molecule has 3 amide bonds. The molecule has 0 spiro atoms. The van der Waals surface area contributed by atoms with E-state index < -0.39 is 17.9 Å². The zero-order chi connectivity index (χ0) is 23.4. The number of urea groups is 1. The normalized spacial score (nSPS) is 14.8. The Bertz CT molecular complexity index is 1200. The predicted octanol–water partition coefficient (Wildman–Crippen LogP) is 4.13. The lowest BCUT2D eigenvalue weighted by Gasteiger charge is -2.15. The molecule has 0 atom stereocenters. The number of carboxylic acid groups (broad SMARTS) is 1. The molecule has 170 valence electrons. The number of hydrogen-bond acceptors (Lipinski definition) is 5. The average molecular weight is 465 g/mol. The summed E-state index contributed by atoms with van der Waals surface area (Å²) in [6.45, 7) is 2.89. The molecule has 33 heavy (non-hydrogen) atoms. The van der Waals surface area contributed by atoms with Crippen LogP contribution in [0.15, 0.2) is 53.7 Å². The summed E-state index contributed by atoms with van der Waals surface area (Å²) in [5.74, 6) is -0.535. The Hall–Kier alpha value is -3.72. The van der Waals surface area contributed by atoms with Gasteiger partial charge in [-0.1, -0.05) is 31.5 Å². The van der Waals surface area contributed by atoms with Crippen LogP contribution < -0.4 is 5.32 Å². The van der Waals surface area contributed by atoms with Gasteiger partial charge in [0.25, 0.3) is 5.91 Å². The Kier molecular flexibility index (Phi) is 6.69. The van der Waals surface area contributed by atoms with Crippen LogP contribution in [0, 0.1) is 0 Å². The minimum absolute atomic E-state index is 0.225. The third kappa shape index (κ3) is 5.04. The number of benzene rings is 1. The minimum Gasteiger partial charge on any atom is -0.478 e. The summed E-state index contributed by atoms with van der Waals surface area (Å²) < 4.78 is 2.01. The fourth-order valence-electron chi connectivity index (χ4n) is 3.66. The SMILES string of the molecule is CCCCc1ncc(/C=C2/C(=O)NC(=O)N2Cc2cccs2)n1Cc1ccc(C(=O)O)cc1. The summed E-state index contributed by atoms with van der Waals surface area (Å²) in [6, 6.07) is 10.1. The second kappa shape index (κ2) is 9.83. The van der Waals surface area contributed by atoms with Gasteiger partial charge in [0.1, 0.15) is 11.5 Å². The summed E-state index contributed by atoms with van der Waals surface area (Å²) in [5, 5.41) is 13.5. The van der Waals surface area contributed by atoms with E-state index in [0.717, 1.165) is 35.5 Å². The number of nitrogens with zero attached hydrogens (tertiary/aromatic N) is 3. The average Bonchev–Trinajstić information content (AvgIpc) is 3.50. The molecule has 1 saturated heterocycles. The largest absolute Gasteiger partial charge is 0.478 e. The van der Waals surface area contributed by atoms with E-state index in [2.05, 4.69) is 17.2 Å². The Balaban J connectivity index is 1.68. The number of aryl methyl sites for hydroxylation is 1. The van der Waals surface area contributed by atoms with Crippen molar-refractivity contribution in [2.24, 2.45) is 0 Å². The van der Waals surface area contributed by atoms with Gasteiger partial charge in [-0.05, 0) is 41.6 Å². The van der Waals surface area contributed by atoms with Crippen LogP contribution in [0.1, 0.15) is 52.1 Å². The smallest absolute Gasteiger partial charge is 0.335 e. The van der Waals surface area contributed by atoms with E-state index in [1.165, 1.54) is 16.2 Å². The molecule has 1 aliphatic heterocycles. The third-order valence-electron chi connectivity index (χ3n) is 5.43. The van der Waals surface area contributed by atoms with Crippen molar-refractivity contribution in [2.45, 2.75) is 39.3 Å². The number of rotatable bonds is 9. The molecule has 9 heteroatoms. The van der Waals surface area contributed by atoms with Gasteiger partial charge in [0, 0.05) is 17.8 Å². The first-order valence-corrected chi connectivity index (χ1v) is 11.6. The van der Waals surface area contributed by atoms with E-state index in [4.69, 9.17) is 5.11 Å². The number of imide groups is 1. The standard InChI is InChI=1S/C24H24N4O4S/c1-2-3-6-21-25-13-18(27(21)14-16-7-9-17(10-8-16)23(30)31)12-20-22(29)26-24(32)28(20)15-19-5-4-11-33-19/h4-5,7-13H,2-3,6,14-15H2,1H3,(H,30,31)(H,26,29,32)/b20-12-. The highest BCUT2D eigenvalue weighted by molar-refractivity contribution is 7.09. The van der Waals surface area contributed by atoms with Crippen molar-refractivity contribution in [1.29, 1.82) is 0 Å². The van der Waals surface area contributed by atoms with Gasteiger partial charge >= 0.3 is 12.0 Å². The van der Waals surface area contributed by atoms with E-state index in [-0.39, 0.29) is 11.3 Å². The van der Waals surface area contributed by atoms with Gasteiger partial charge in [-0.2, -0.15) is 0 Å². The molecule has 0 saturated carbocycles. The lowest BCUT2D eigenvalue weighted by molar-refractivity contribution is -0.116. The topological polar surface area (TPSA) is 105 Å². The molecule has 0 unspecified atom stereocenters. The van der Waals surface area contributed by atoms with Gasteiger partial charge in [0.15, 0.2) is 0 Å². The Labute approximate surface area is 195 Å². The van der Waals surface area contributed by atoms with Crippen LogP contribution in [0.3, 0.4) is 0 Å². The van der Waals surface area contributed by atoms with Crippen LogP contribution in [0.5, 0.6) is 0 Å². The quantitative estimate of drug-likeness (QED) is 0.366. The molecule has 8 nitrogen and oxygen atoms in total. The van der Waals surface area contributed by atoms with Gasteiger partial charge < -0.3 is 9.67 Å². The molecular formula is C24H24N4O4S. The molecule has 2 aromatic heterocycles. The van der Waals surface area contributed by atoms with E-state index >= 15 is 0 Å². The molecule has 3 aromatic rings. The minimum atomic E-state index is -0.971. The van der Waals surface area contributed by atoms with Gasteiger partial charge in [-0.25, -0.2) is 14.6 Å². The second-order valence-corrected chi connectivity index (χ2v) is 8.78. The van der Waals surface area contributed by atoms with Crippen molar-refractivity contribution in [3.63, 3.8) is 0 Å². The highest BCUT2D eigenvalue weighted by Crippen LogP contribution is 2.23. The summed E-state index contributed by atoms with van der Waals surface area (Å²) in [6.07, 6.45) is 6.17. The van der Waals surface area contributed by atoms with Crippen molar-refractivity contribution in [3.05, 3.63) is 81.2 Å². The Morgan fingerprint density at radius 2 is 1.97 bits per heavy atom. The van der Waals surface area contributed by atoms with Gasteiger partial charge in [-0.3, -0.25) is 15.0 Å². The number of carbonyl (C=O) groups excluding carboxylic acids is 2. The molecular weight excluding hydrogens is 440 g/mol. The van der Waals surface area contributed by atoms with Gasteiger partial charge in [-0.15, -0.1) is 11.3 Å². The van der Waals surface area contributed by atoms with Crippen LogP contribution in [-0.4, -0.2) is 37.5 Å².